The molecule has 3 nitrogen and oxygen atoms in total. The quantitative estimate of drug-likeness (QED) is 0.500. The molecule has 2 aliphatic rings. The lowest BCUT2D eigenvalue weighted by Crippen LogP contribution is -2.26. The standard InChI is InChI=1S/C7H12N2O/c1-8-7(10)6-4-2-9-3-5(4)6/h4-6,9H,2-3H2,1H3,(H,8,10). The van der Waals surface area contributed by atoms with Gasteiger partial charge in [-0.15, -0.1) is 0 Å². The van der Waals surface area contributed by atoms with E-state index in [9.17, 15) is 4.79 Å². The highest BCUT2D eigenvalue weighted by molar-refractivity contribution is 5.82. The number of hydrogen-bond donors (Lipinski definition) is 2. The van der Waals surface area contributed by atoms with Crippen LogP contribution in [0.3, 0.4) is 0 Å². The molecule has 2 N–H and O–H groups in total. The molecule has 1 saturated carbocycles. The van der Waals surface area contributed by atoms with E-state index in [2.05, 4.69) is 10.6 Å². The SMILES string of the molecule is CNC(=O)C1C2CNCC21. The van der Waals surface area contributed by atoms with Crippen molar-refractivity contribution in [2.24, 2.45) is 17.8 Å². The molecule has 1 heterocycles. The lowest BCUT2D eigenvalue weighted by molar-refractivity contribution is -0.122. The van der Waals surface area contributed by atoms with Gasteiger partial charge in [-0.1, -0.05) is 0 Å². The molecule has 0 radical (unpaired) electrons. The highest BCUT2D eigenvalue weighted by atomic mass is 16.2. The average molecular weight is 140 g/mol. The number of carbonyl (C=O) groups excluding carboxylic acids is 1. The summed E-state index contributed by atoms with van der Waals surface area (Å²) in [6, 6.07) is 0. The normalized spacial score (nSPS) is 42.7. The fourth-order valence-corrected chi connectivity index (χ4v) is 1.97. The number of fused-ring (bicyclic) bond motifs is 1. The maximum absolute atomic E-state index is 11.0. The van der Waals surface area contributed by atoms with Crippen LogP contribution < -0.4 is 10.6 Å². The first-order valence-corrected chi connectivity index (χ1v) is 3.77. The minimum atomic E-state index is 0.233. The van der Waals surface area contributed by atoms with Gasteiger partial charge in [0.25, 0.3) is 0 Å². The first-order chi connectivity index (χ1) is 4.84. The van der Waals surface area contributed by atoms with Gasteiger partial charge in [0.2, 0.25) is 5.91 Å². The van der Waals surface area contributed by atoms with Gasteiger partial charge < -0.3 is 10.6 Å². The zero-order valence-electron chi connectivity index (χ0n) is 6.05. The maximum atomic E-state index is 11.0. The Labute approximate surface area is 60.2 Å². The van der Waals surface area contributed by atoms with Crippen molar-refractivity contribution in [3.05, 3.63) is 0 Å². The Balaban J connectivity index is 1.94. The molecule has 0 aromatic rings. The van der Waals surface area contributed by atoms with Crippen molar-refractivity contribution in [2.75, 3.05) is 20.1 Å². The van der Waals surface area contributed by atoms with Crippen molar-refractivity contribution in [3.63, 3.8) is 0 Å². The summed E-state index contributed by atoms with van der Waals surface area (Å²) >= 11 is 0. The summed E-state index contributed by atoms with van der Waals surface area (Å²) in [6.07, 6.45) is 0. The Morgan fingerprint density at radius 1 is 1.50 bits per heavy atom. The zero-order chi connectivity index (χ0) is 7.14. The molecule has 1 saturated heterocycles. The van der Waals surface area contributed by atoms with Gasteiger partial charge >= 0.3 is 0 Å². The second kappa shape index (κ2) is 1.95. The van der Waals surface area contributed by atoms with Crippen LogP contribution in [0, 0.1) is 17.8 Å². The van der Waals surface area contributed by atoms with Crippen LogP contribution in [0.25, 0.3) is 0 Å². The largest absolute Gasteiger partial charge is 0.359 e. The van der Waals surface area contributed by atoms with Gasteiger partial charge in [0, 0.05) is 13.0 Å². The summed E-state index contributed by atoms with van der Waals surface area (Å²) in [5.41, 5.74) is 0. The van der Waals surface area contributed by atoms with Gasteiger partial charge in [-0.2, -0.15) is 0 Å². The Morgan fingerprint density at radius 2 is 2.10 bits per heavy atom. The maximum Gasteiger partial charge on any atom is 0.223 e. The Hall–Kier alpha value is -0.570. The summed E-state index contributed by atoms with van der Waals surface area (Å²) in [4.78, 5) is 11.0. The monoisotopic (exact) mass is 140 g/mol. The fraction of sp³-hybridized carbons (Fsp3) is 0.857. The topological polar surface area (TPSA) is 41.1 Å². The predicted molar refractivity (Wildman–Crippen MR) is 37.4 cm³/mol. The second-order valence-electron chi connectivity index (χ2n) is 3.13. The van der Waals surface area contributed by atoms with Gasteiger partial charge in [0.05, 0.1) is 0 Å². The summed E-state index contributed by atoms with van der Waals surface area (Å²) in [5.74, 6) is 1.88. The van der Waals surface area contributed by atoms with Crippen molar-refractivity contribution in [3.8, 4) is 0 Å². The highest BCUT2D eigenvalue weighted by Crippen LogP contribution is 2.48. The number of piperidine rings is 1. The van der Waals surface area contributed by atoms with E-state index in [-0.39, 0.29) is 5.91 Å². The molecule has 2 unspecified atom stereocenters. The molecular weight excluding hydrogens is 128 g/mol. The van der Waals surface area contributed by atoms with E-state index in [1.54, 1.807) is 7.05 Å². The van der Waals surface area contributed by atoms with E-state index in [0.717, 1.165) is 13.1 Å². The molecule has 2 rings (SSSR count). The van der Waals surface area contributed by atoms with E-state index in [0.29, 0.717) is 17.8 Å². The minimum Gasteiger partial charge on any atom is -0.359 e. The number of nitrogens with one attached hydrogen (secondary N) is 2. The minimum absolute atomic E-state index is 0.233. The predicted octanol–water partition coefficient (Wildman–Crippen LogP) is -0.802. The van der Waals surface area contributed by atoms with Gasteiger partial charge in [-0.25, -0.2) is 0 Å². The molecule has 3 heteroatoms. The van der Waals surface area contributed by atoms with Crippen LogP contribution in [-0.2, 0) is 4.79 Å². The van der Waals surface area contributed by atoms with Crippen LogP contribution in [0.2, 0.25) is 0 Å². The van der Waals surface area contributed by atoms with Crippen LogP contribution in [-0.4, -0.2) is 26.0 Å². The lowest BCUT2D eigenvalue weighted by atomic mass is 10.3. The van der Waals surface area contributed by atoms with Crippen LogP contribution in [0.15, 0.2) is 0 Å². The van der Waals surface area contributed by atoms with Gasteiger partial charge in [-0.3, -0.25) is 4.79 Å². The zero-order valence-corrected chi connectivity index (χ0v) is 6.05. The van der Waals surface area contributed by atoms with E-state index in [1.165, 1.54) is 0 Å². The third-order valence-electron chi connectivity index (χ3n) is 2.64. The van der Waals surface area contributed by atoms with Crippen LogP contribution in [0.5, 0.6) is 0 Å². The summed E-state index contributed by atoms with van der Waals surface area (Å²) in [6.45, 7) is 2.09. The molecule has 56 valence electrons. The van der Waals surface area contributed by atoms with Crippen molar-refractivity contribution in [1.29, 1.82) is 0 Å². The third kappa shape index (κ3) is 0.669. The first-order valence-electron chi connectivity index (χ1n) is 3.77. The average Bonchev–Trinajstić information content (AvgIpc) is 2.43. The van der Waals surface area contributed by atoms with E-state index in [1.807, 2.05) is 0 Å². The lowest BCUT2D eigenvalue weighted by Gasteiger charge is -2.01. The Kier molecular flexibility index (Phi) is 1.20. The summed E-state index contributed by atoms with van der Waals surface area (Å²) in [5, 5.41) is 5.94. The van der Waals surface area contributed by atoms with E-state index < -0.39 is 0 Å². The molecule has 0 aromatic heterocycles. The molecule has 1 aliphatic carbocycles. The molecule has 1 aliphatic heterocycles. The molecule has 2 atom stereocenters. The summed E-state index contributed by atoms with van der Waals surface area (Å²) < 4.78 is 0. The van der Waals surface area contributed by atoms with Crippen LogP contribution in [0.1, 0.15) is 0 Å². The molecule has 2 fully saturated rings. The smallest absolute Gasteiger partial charge is 0.223 e. The molecule has 0 bridgehead atoms. The highest BCUT2D eigenvalue weighted by Gasteiger charge is 2.56. The van der Waals surface area contributed by atoms with Gasteiger partial charge in [-0.05, 0) is 24.9 Å². The molecule has 0 spiro atoms. The van der Waals surface area contributed by atoms with Gasteiger partial charge in [0.15, 0.2) is 0 Å². The molecular formula is C7H12N2O. The number of rotatable bonds is 1. The third-order valence-corrected chi connectivity index (χ3v) is 2.64. The number of hydrogen-bond acceptors (Lipinski definition) is 2. The second-order valence-corrected chi connectivity index (χ2v) is 3.13. The molecule has 10 heavy (non-hydrogen) atoms. The number of carbonyl (C=O) groups is 1. The number of amides is 1. The summed E-state index contributed by atoms with van der Waals surface area (Å²) in [7, 11) is 1.71. The molecule has 1 amide bonds. The first kappa shape index (κ1) is 6.16. The fourth-order valence-electron chi connectivity index (χ4n) is 1.97. The Morgan fingerprint density at radius 3 is 2.60 bits per heavy atom. The van der Waals surface area contributed by atoms with E-state index >= 15 is 0 Å². The van der Waals surface area contributed by atoms with Gasteiger partial charge in [0.1, 0.15) is 0 Å². The molecule has 0 aromatic carbocycles. The van der Waals surface area contributed by atoms with Crippen molar-refractivity contribution in [2.45, 2.75) is 0 Å². The van der Waals surface area contributed by atoms with Crippen molar-refractivity contribution in [1.82, 2.24) is 10.6 Å². The van der Waals surface area contributed by atoms with Crippen molar-refractivity contribution >= 4 is 5.91 Å². The van der Waals surface area contributed by atoms with Crippen LogP contribution >= 0.6 is 0 Å². The Bertz CT molecular complexity index is 159. The van der Waals surface area contributed by atoms with Crippen molar-refractivity contribution < 1.29 is 4.79 Å². The van der Waals surface area contributed by atoms with Crippen LogP contribution in [0.4, 0.5) is 0 Å². The van der Waals surface area contributed by atoms with E-state index in [4.69, 9.17) is 0 Å².